The number of carbonyl (C=O) groups is 5. The van der Waals surface area contributed by atoms with Crippen LogP contribution in [0.25, 0.3) is 33.3 Å². The van der Waals surface area contributed by atoms with Gasteiger partial charge in [0.2, 0.25) is 17.7 Å². The van der Waals surface area contributed by atoms with E-state index in [1.165, 1.54) is 21.5 Å². The molecule has 0 spiro atoms. The summed E-state index contributed by atoms with van der Waals surface area (Å²) in [6.07, 6.45) is 4.78. The Balaban J connectivity index is 1.17. The fraction of sp³-hybridized carbons (Fsp3) is 0.526. The molecule has 5 amide bonds. The summed E-state index contributed by atoms with van der Waals surface area (Å²) in [6, 6.07) is 17.9. The number of methoxy groups -OCH3 is 2. The number of nitrogens with zero attached hydrogens (tertiary/aromatic N) is 5. The molecule has 3 aliphatic heterocycles. The number of carbonyl (C=O) groups excluding carboxylic acids is 5. The smallest absolute Gasteiger partial charge is 0.324 e. The van der Waals surface area contributed by atoms with E-state index in [0.717, 1.165) is 45.3 Å². The zero-order chi connectivity index (χ0) is 52.4. The van der Waals surface area contributed by atoms with E-state index in [9.17, 15) is 24.3 Å². The van der Waals surface area contributed by atoms with Gasteiger partial charge in [0.15, 0.2) is 0 Å². The zero-order valence-corrected chi connectivity index (χ0v) is 44.0. The van der Waals surface area contributed by atoms with Gasteiger partial charge in [-0.1, -0.05) is 70.7 Å². The summed E-state index contributed by atoms with van der Waals surface area (Å²) in [6.45, 7) is 16.5. The van der Waals surface area contributed by atoms with Crippen molar-refractivity contribution >= 4 is 40.6 Å². The maximum atomic E-state index is 15.2. The van der Waals surface area contributed by atoms with Crippen LogP contribution < -0.4 is 10.7 Å². The molecule has 1 aromatic heterocycles. The van der Waals surface area contributed by atoms with E-state index in [-0.39, 0.29) is 74.7 Å². The third kappa shape index (κ3) is 11.2. The summed E-state index contributed by atoms with van der Waals surface area (Å²) in [5.41, 5.74) is 9.71. The Labute approximate surface area is 429 Å². The molecule has 8 rings (SSSR count). The summed E-state index contributed by atoms with van der Waals surface area (Å²) in [5, 5.41) is 17.4. The monoisotopic (exact) mass is 1000 g/mol. The number of phenolic OH excluding ortho intramolecular Hbond substituents is 1. The van der Waals surface area contributed by atoms with Gasteiger partial charge < -0.3 is 43.9 Å². The average Bonchev–Trinajstić information content (AvgIpc) is 4.09. The van der Waals surface area contributed by atoms with Gasteiger partial charge in [0.1, 0.15) is 17.8 Å². The number of nitrogens with one attached hydrogen (secondary N) is 2. The van der Waals surface area contributed by atoms with Crippen LogP contribution in [0.2, 0.25) is 0 Å². The number of ether oxygens (including phenoxy) is 3. The van der Waals surface area contributed by atoms with Crippen LogP contribution in [0.5, 0.6) is 5.75 Å². The number of benzene rings is 3. The molecular weight excluding hydrogens is 927 g/mol. The molecule has 3 N–H and O–H groups in total. The van der Waals surface area contributed by atoms with Crippen molar-refractivity contribution in [1.29, 1.82) is 0 Å². The number of piperazine rings is 1. The van der Waals surface area contributed by atoms with Gasteiger partial charge in [0.25, 0.3) is 0 Å². The minimum absolute atomic E-state index is 0.0451. The maximum Gasteiger partial charge on any atom is 0.324 e. The number of rotatable bonds is 13. The molecule has 2 saturated heterocycles. The lowest BCUT2D eigenvalue weighted by Crippen LogP contribution is -2.63. The molecule has 3 aromatic carbocycles. The number of cyclic esters (lactones) is 1. The summed E-state index contributed by atoms with van der Waals surface area (Å²) in [4.78, 5) is 75.8. The van der Waals surface area contributed by atoms with E-state index in [0.29, 0.717) is 57.4 Å². The van der Waals surface area contributed by atoms with E-state index in [1.54, 1.807) is 43.2 Å². The highest BCUT2D eigenvalue weighted by Gasteiger charge is 2.56. The molecule has 4 aliphatic rings. The average molecular weight is 1000 g/mol. The van der Waals surface area contributed by atoms with Crippen molar-refractivity contribution in [2.45, 2.75) is 110 Å². The number of phenols is 1. The lowest BCUT2D eigenvalue weighted by atomic mass is 9.83. The Morgan fingerprint density at radius 2 is 1.78 bits per heavy atom. The summed E-state index contributed by atoms with van der Waals surface area (Å²) >= 11 is 0. The number of amides is 5. The van der Waals surface area contributed by atoms with Crippen LogP contribution in [-0.2, 0) is 59.2 Å². The number of hydrogen-bond acceptors (Lipinski definition) is 10. The summed E-state index contributed by atoms with van der Waals surface area (Å²) < 4.78 is 19.5. The van der Waals surface area contributed by atoms with E-state index in [2.05, 4.69) is 85.1 Å². The van der Waals surface area contributed by atoms with Crippen molar-refractivity contribution in [1.82, 2.24) is 35.0 Å². The van der Waals surface area contributed by atoms with Gasteiger partial charge in [0.05, 0.1) is 43.0 Å². The lowest BCUT2D eigenvalue weighted by Gasteiger charge is -2.43. The fourth-order valence-corrected chi connectivity index (χ4v) is 11.6. The molecule has 4 aromatic rings. The van der Waals surface area contributed by atoms with Gasteiger partial charge in [-0.3, -0.25) is 24.2 Å². The number of aromatic hydroxyl groups is 1. The number of aryl methyl sites for hydroxylation is 1. The third-order valence-corrected chi connectivity index (χ3v) is 15.4. The minimum atomic E-state index is -0.996. The Morgan fingerprint density at radius 3 is 2.48 bits per heavy atom. The van der Waals surface area contributed by atoms with E-state index in [1.807, 2.05) is 19.9 Å². The number of hydrogen-bond donors (Lipinski definition) is 3. The molecule has 3 fully saturated rings. The highest BCUT2D eigenvalue weighted by molar-refractivity contribution is 5.96. The van der Waals surface area contributed by atoms with E-state index < -0.39 is 41.0 Å². The second-order valence-corrected chi connectivity index (χ2v) is 21.6. The SMILES string of the molecule is C=CC(=O)N1CCN(C(=O)N(C)[C@H](C(=O)NC2([C@H]3Cc4cc(O)cc(c4)-c4ccc5c(c4)c(c(-c4ccccc4CCOC)n5CC)CC(C)(C)COC(=O)[C@@H]4CCCN(N4)C3=O)CC2)C(C)C)C[C@@H]1COC. The zero-order valence-electron chi connectivity index (χ0n) is 44.0. The van der Waals surface area contributed by atoms with Gasteiger partial charge in [-0.25, -0.2) is 10.2 Å². The standard InChI is InChI=1S/C57H75N7O9/c1-10-49(66)63-25-24-61(33-41(63)34-72-9)55(70)60(7)50(36(3)4)52(67)58-57(21-22-57)46-29-37-27-40(30-42(65)28-37)39-18-19-48-44(31-39)45(51(62(48)11-2)43-16-13-12-15-38(43)20-26-71-8)32-56(5,6)35-73-54(69)47-17-14-23-64(59-47)53(46)68/h10,12-13,15-16,18-19,27-28,30-31,36,41,46-47,50,59,65H,1,11,14,17,20-26,29,32-35H2,2-9H3,(H,58,67)/t41-,46+,47+,50+/m1/s1. The number of fused-ring (bicyclic) bond motifs is 6. The lowest BCUT2D eigenvalue weighted by molar-refractivity contribution is -0.156. The fourth-order valence-electron chi connectivity index (χ4n) is 11.6. The predicted molar refractivity (Wildman–Crippen MR) is 280 cm³/mol. The summed E-state index contributed by atoms with van der Waals surface area (Å²) in [7, 11) is 4.88. The molecule has 16 nitrogen and oxygen atoms in total. The van der Waals surface area contributed by atoms with Gasteiger partial charge in [-0.2, -0.15) is 0 Å². The molecule has 392 valence electrons. The largest absolute Gasteiger partial charge is 0.508 e. The van der Waals surface area contributed by atoms with Crippen molar-refractivity contribution in [3.8, 4) is 28.1 Å². The Morgan fingerprint density at radius 1 is 1.01 bits per heavy atom. The molecule has 4 heterocycles. The van der Waals surface area contributed by atoms with Crippen LogP contribution in [0, 0.1) is 17.3 Å². The number of esters is 1. The van der Waals surface area contributed by atoms with Crippen LogP contribution >= 0.6 is 0 Å². The van der Waals surface area contributed by atoms with Crippen LogP contribution in [0.4, 0.5) is 4.79 Å². The normalized spacial score (nSPS) is 21.3. The molecule has 73 heavy (non-hydrogen) atoms. The predicted octanol–water partition coefficient (Wildman–Crippen LogP) is 6.74. The van der Waals surface area contributed by atoms with Crippen LogP contribution in [0.15, 0.2) is 73.3 Å². The van der Waals surface area contributed by atoms with Crippen LogP contribution in [-0.4, -0.2) is 150 Å². The Hall–Kier alpha value is -6.23. The van der Waals surface area contributed by atoms with Crippen molar-refractivity contribution in [3.63, 3.8) is 0 Å². The number of aromatic nitrogens is 1. The Bertz CT molecular complexity index is 2730. The molecule has 4 atom stereocenters. The Kier molecular flexibility index (Phi) is 16.1. The topological polar surface area (TPSA) is 175 Å². The van der Waals surface area contributed by atoms with Crippen LogP contribution in [0.1, 0.15) is 77.0 Å². The molecule has 6 bridgehead atoms. The molecule has 0 radical (unpaired) electrons. The first-order chi connectivity index (χ1) is 34.9. The minimum Gasteiger partial charge on any atom is -0.508 e. The molecule has 1 aliphatic carbocycles. The van der Waals surface area contributed by atoms with Crippen molar-refractivity contribution < 1.29 is 43.3 Å². The number of likely N-dealkylation sites (N-methyl/N-ethyl adjacent to an activating group) is 1. The molecular formula is C57H75N7O9. The quantitative estimate of drug-likeness (QED) is 0.0962. The van der Waals surface area contributed by atoms with Gasteiger partial charge in [0, 0.05) is 75.9 Å². The highest BCUT2D eigenvalue weighted by atomic mass is 16.5. The molecule has 0 unspecified atom stereocenters. The van der Waals surface area contributed by atoms with Crippen LogP contribution in [0.3, 0.4) is 0 Å². The van der Waals surface area contributed by atoms with Crippen molar-refractivity contribution in [2.24, 2.45) is 17.3 Å². The molecule has 16 heteroatoms. The molecule has 1 saturated carbocycles. The number of urea groups is 1. The third-order valence-electron chi connectivity index (χ3n) is 15.4. The van der Waals surface area contributed by atoms with E-state index in [4.69, 9.17) is 14.2 Å². The van der Waals surface area contributed by atoms with Crippen molar-refractivity contribution in [2.75, 3.05) is 67.3 Å². The summed E-state index contributed by atoms with van der Waals surface area (Å²) in [5.74, 6) is -2.44. The first-order valence-electron chi connectivity index (χ1n) is 26.0. The second kappa shape index (κ2) is 22.1. The van der Waals surface area contributed by atoms with Gasteiger partial charge in [-0.15, -0.1) is 0 Å². The second-order valence-electron chi connectivity index (χ2n) is 21.6. The van der Waals surface area contributed by atoms with E-state index >= 15 is 4.79 Å². The number of hydrazine groups is 1. The van der Waals surface area contributed by atoms with Gasteiger partial charge in [-0.05, 0) is 116 Å². The van der Waals surface area contributed by atoms with Gasteiger partial charge >= 0.3 is 12.0 Å². The van der Waals surface area contributed by atoms with Crippen molar-refractivity contribution in [3.05, 3.63) is 90.0 Å². The first-order valence-corrected chi connectivity index (χ1v) is 26.0. The maximum absolute atomic E-state index is 15.2. The highest BCUT2D eigenvalue weighted by Crippen LogP contribution is 2.46. The first kappa shape index (κ1) is 53.1.